The van der Waals surface area contributed by atoms with Crippen LogP contribution < -0.4 is 4.74 Å². The van der Waals surface area contributed by atoms with Gasteiger partial charge in [-0.2, -0.15) is 4.39 Å². The van der Waals surface area contributed by atoms with Gasteiger partial charge in [-0.1, -0.05) is 30.3 Å². The Balaban J connectivity index is 1.83. The number of pyridine rings is 1. The van der Waals surface area contributed by atoms with Crippen LogP contribution in [-0.2, 0) is 115 Å². The number of ether oxygens (including phenoxy) is 13. The van der Waals surface area contributed by atoms with Crippen LogP contribution in [0.3, 0.4) is 0 Å². The SMILES string of the molecule is CC(=O)OC[C@H]1O[C@H](OCc2c(F)nc(C)c(OCc3ccccc3)c2CO[C@H]2O[C@H](COC(C)=O)[C@@H](OC(C)=O)[C@H](OC(C)=O)[C@@H]2OC(C)=O)[C@@H](OC(C)=O)[C@@H](OC(C)=O)[C@@H]1OC(C)=O. The molecule has 0 N–H and O–H groups in total. The van der Waals surface area contributed by atoms with Crippen LogP contribution in [0.25, 0.3) is 0 Å². The molecular weight excluding hydrogens is 885 g/mol. The molecule has 0 saturated carbocycles. The first-order valence-electron chi connectivity index (χ1n) is 20.3. The van der Waals surface area contributed by atoms with Gasteiger partial charge in [-0.3, -0.25) is 38.4 Å². The largest absolute Gasteiger partial charge is 0.487 e. The van der Waals surface area contributed by atoms with Gasteiger partial charge >= 0.3 is 47.8 Å². The van der Waals surface area contributed by atoms with Crippen molar-refractivity contribution in [1.29, 1.82) is 0 Å². The maximum atomic E-state index is 16.4. The molecule has 2 saturated heterocycles. The summed E-state index contributed by atoms with van der Waals surface area (Å²) in [6, 6.07) is 8.82. The maximum Gasteiger partial charge on any atom is 0.303 e. The second-order valence-corrected chi connectivity index (χ2v) is 14.8. The average Bonchev–Trinajstić information content (AvgIpc) is 3.21. The molecule has 2 aliphatic rings. The van der Waals surface area contributed by atoms with Gasteiger partial charge in [-0.25, -0.2) is 4.98 Å². The Morgan fingerprint density at radius 3 is 1.29 bits per heavy atom. The third-order valence-electron chi connectivity index (χ3n) is 9.39. The van der Waals surface area contributed by atoms with Crippen molar-refractivity contribution < 1.29 is 104 Å². The number of esters is 8. The quantitative estimate of drug-likeness (QED) is 0.111. The van der Waals surface area contributed by atoms with Gasteiger partial charge in [-0.15, -0.1) is 0 Å². The van der Waals surface area contributed by atoms with E-state index >= 15 is 4.39 Å². The van der Waals surface area contributed by atoms with E-state index in [2.05, 4.69) is 4.98 Å². The summed E-state index contributed by atoms with van der Waals surface area (Å²) in [6.45, 7) is 7.16. The monoisotopic (exact) mass is 937 g/mol. The molecule has 0 unspecified atom stereocenters. The van der Waals surface area contributed by atoms with Crippen molar-refractivity contribution in [1.82, 2.24) is 4.98 Å². The van der Waals surface area contributed by atoms with Crippen molar-refractivity contribution in [2.24, 2.45) is 0 Å². The van der Waals surface area contributed by atoms with Crippen LogP contribution in [0.2, 0.25) is 0 Å². The number of carbonyl (C=O) groups excluding carboxylic acids is 8. The van der Waals surface area contributed by atoms with Crippen molar-refractivity contribution in [2.75, 3.05) is 13.2 Å². The molecule has 2 aromatic rings. The first-order valence-corrected chi connectivity index (χ1v) is 20.3. The maximum absolute atomic E-state index is 16.4. The van der Waals surface area contributed by atoms with E-state index in [-0.39, 0.29) is 29.2 Å². The van der Waals surface area contributed by atoms with Crippen molar-refractivity contribution in [2.45, 2.75) is 144 Å². The summed E-state index contributed by atoms with van der Waals surface area (Å²) < 4.78 is 90.2. The summed E-state index contributed by atoms with van der Waals surface area (Å²) in [4.78, 5) is 102. The molecule has 0 radical (unpaired) electrons. The second-order valence-electron chi connectivity index (χ2n) is 14.8. The van der Waals surface area contributed by atoms with Gasteiger partial charge < -0.3 is 61.6 Å². The zero-order valence-electron chi connectivity index (χ0n) is 37.6. The molecule has 2 fully saturated rings. The smallest absolute Gasteiger partial charge is 0.303 e. The molecule has 0 bridgehead atoms. The molecule has 0 spiro atoms. The number of hydrogen-bond acceptors (Lipinski definition) is 22. The van der Waals surface area contributed by atoms with Crippen LogP contribution in [-0.4, -0.2) is 127 Å². The highest BCUT2D eigenvalue weighted by molar-refractivity contribution is 5.70. The van der Waals surface area contributed by atoms with Crippen LogP contribution in [0.1, 0.15) is 77.8 Å². The molecule has 66 heavy (non-hydrogen) atoms. The number of halogens is 1. The number of aromatic nitrogens is 1. The summed E-state index contributed by atoms with van der Waals surface area (Å²) in [5.74, 6) is -8.06. The number of nitrogens with zero attached hydrogens (tertiary/aromatic N) is 1. The zero-order valence-corrected chi connectivity index (χ0v) is 37.6. The topological polar surface area (TPSA) is 269 Å². The van der Waals surface area contributed by atoms with E-state index in [1.807, 2.05) is 0 Å². The Bertz CT molecular complexity index is 2080. The molecule has 10 atom stereocenters. The number of aryl methyl sites for hydroxylation is 1. The number of hydrogen-bond donors (Lipinski definition) is 0. The summed E-state index contributed by atoms with van der Waals surface area (Å²) in [5.41, 5.74) is 0.249. The lowest BCUT2D eigenvalue weighted by Crippen LogP contribution is -2.63. The molecule has 22 nitrogen and oxygen atoms in total. The standard InChI is InChI=1S/C43H52FNO21/c1-20-34(56-15-29-13-11-10-12-14-29)30(16-57-42-39(63-27(8)52)37(61-25(6)50)35(59-23(4)48)32(65-42)18-54-21(2)46)31(41(44)45-20)17-58-43-40(64-28(9)53)38(62-26(7)51)36(60-24(5)49)33(66-43)19-55-22(3)47/h10-14,32-33,35-40,42-43H,15-19H2,1-9H3/t32-,33-,35-,36-,37+,38+,39+,40+,42+,43+/m1/s1. The normalized spacial score (nSPS) is 24.7. The van der Waals surface area contributed by atoms with E-state index in [4.69, 9.17) is 61.6 Å². The van der Waals surface area contributed by atoms with E-state index in [1.54, 1.807) is 30.3 Å². The van der Waals surface area contributed by atoms with E-state index < -0.39 is 142 Å². The fourth-order valence-electron chi connectivity index (χ4n) is 6.94. The lowest BCUT2D eigenvalue weighted by atomic mass is 9.98. The molecule has 1 aromatic carbocycles. The lowest BCUT2D eigenvalue weighted by molar-refractivity contribution is -0.312. The lowest BCUT2D eigenvalue weighted by Gasteiger charge is -2.44. The summed E-state index contributed by atoms with van der Waals surface area (Å²) >= 11 is 0. The van der Waals surface area contributed by atoms with Gasteiger partial charge in [-0.05, 0) is 12.5 Å². The zero-order chi connectivity index (χ0) is 48.8. The predicted octanol–water partition coefficient (Wildman–Crippen LogP) is 2.31. The van der Waals surface area contributed by atoms with Gasteiger partial charge in [0.15, 0.2) is 49.2 Å². The predicted molar refractivity (Wildman–Crippen MR) is 213 cm³/mol. The first kappa shape index (κ1) is 52.3. The number of rotatable bonds is 19. The Morgan fingerprint density at radius 2 is 0.894 bits per heavy atom. The van der Waals surface area contributed by atoms with Crippen LogP contribution in [0.5, 0.6) is 5.75 Å². The summed E-state index contributed by atoms with van der Waals surface area (Å²) in [5, 5.41) is 0. The molecule has 0 aliphatic carbocycles. The molecule has 4 rings (SSSR count). The minimum Gasteiger partial charge on any atom is -0.487 e. The van der Waals surface area contributed by atoms with Crippen molar-refractivity contribution in [3.63, 3.8) is 0 Å². The van der Waals surface area contributed by atoms with Gasteiger partial charge in [0.1, 0.15) is 37.8 Å². The third kappa shape index (κ3) is 15.1. The molecule has 0 amide bonds. The molecular formula is C43H52FNO21. The molecule has 3 heterocycles. The number of carbonyl (C=O) groups is 8. The second kappa shape index (κ2) is 24.3. The van der Waals surface area contributed by atoms with Crippen LogP contribution in [0, 0.1) is 12.9 Å². The third-order valence-corrected chi connectivity index (χ3v) is 9.39. The van der Waals surface area contributed by atoms with E-state index in [0.717, 1.165) is 55.4 Å². The van der Waals surface area contributed by atoms with E-state index in [9.17, 15) is 38.4 Å². The van der Waals surface area contributed by atoms with Gasteiger partial charge in [0, 0.05) is 66.5 Å². The van der Waals surface area contributed by atoms with E-state index in [0.29, 0.717) is 5.56 Å². The minimum absolute atomic E-state index is 0.0135. The fourth-order valence-corrected chi connectivity index (χ4v) is 6.94. The number of benzene rings is 1. The van der Waals surface area contributed by atoms with Gasteiger partial charge in [0.05, 0.1) is 18.9 Å². The fraction of sp³-hybridized carbons (Fsp3) is 0.558. The molecule has 362 valence electrons. The summed E-state index contributed by atoms with van der Waals surface area (Å²) in [6.07, 6.45) is -15.9. The molecule has 2 aliphatic heterocycles. The van der Waals surface area contributed by atoms with E-state index in [1.165, 1.54) is 6.92 Å². The van der Waals surface area contributed by atoms with Gasteiger partial charge in [0.2, 0.25) is 5.95 Å². The first-order chi connectivity index (χ1) is 31.1. The van der Waals surface area contributed by atoms with Crippen LogP contribution in [0.15, 0.2) is 30.3 Å². The Labute approximate surface area is 377 Å². The Kier molecular flexibility index (Phi) is 19.3. The highest BCUT2D eigenvalue weighted by atomic mass is 19.1. The van der Waals surface area contributed by atoms with Gasteiger partial charge in [0.25, 0.3) is 0 Å². The van der Waals surface area contributed by atoms with Crippen molar-refractivity contribution in [3.05, 3.63) is 58.7 Å². The average molecular weight is 938 g/mol. The highest BCUT2D eigenvalue weighted by Gasteiger charge is 2.54. The van der Waals surface area contributed by atoms with Crippen molar-refractivity contribution >= 4 is 47.8 Å². The van der Waals surface area contributed by atoms with Crippen LogP contribution in [0.4, 0.5) is 4.39 Å². The highest BCUT2D eigenvalue weighted by Crippen LogP contribution is 2.36. The minimum atomic E-state index is -1.76. The Morgan fingerprint density at radius 1 is 0.515 bits per heavy atom. The molecule has 1 aromatic heterocycles. The van der Waals surface area contributed by atoms with Crippen molar-refractivity contribution in [3.8, 4) is 5.75 Å². The van der Waals surface area contributed by atoms with Crippen LogP contribution >= 0.6 is 0 Å². The summed E-state index contributed by atoms with van der Waals surface area (Å²) in [7, 11) is 0. The Hall–Kier alpha value is -6.30. The molecule has 23 heteroatoms.